The van der Waals surface area contributed by atoms with Gasteiger partial charge in [0.25, 0.3) is 0 Å². The smallest absolute Gasteiger partial charge is 0.238 e. The van der Waals surface area contributed by atoms with Gasteiger partial charge in [0, 0.05) is 12.6 Å². The summed E-state index contributed by atoms with van der Waals surface area (Å²) < 4.78 is 24.9. The number of likely N-dealkylation sites (tertiary alicyclic amines) is 1. The fraction of sp³-hybridized carbons (Fsp3) is 0.611. The number of benzene rings is 1. The van der Waals surface area contributed by atoms with Crippen molar-refractivity contribution < 1.29 is 13.2 Å². The van der Waals surface area contributed by atoms with Crippen molar-refractivity contribution in [2.75, 3.05) is 12.3 Å². The minimum atomic E-state index is -3.45. The Kier molecular flexibility index (Phi) is 5.84. The summed E-state index contributed by atoms with van der Waals surface area (Å²) in [6.07, 6.45) is 3.97. The van der Waals surface area contributed by atoms with E-state index in [1.807, 2.05) is 32.0 Å². The summed E-state index contributed by atoms with van der Waals surface area (Å²) >= 11 is 0. The van der Waals surface area contributed by atoms with Crippen molar-refractivity contribution in [3.63, 3.8) is 0 Å². The molecule has 0 unspecified atom stereocenters. The minimum Gasteiger partial charge on any atom is -0.339 e. The standard InChI is InChI=1S/C18H27NO3S/c1-4-17-7-5-6-10-19(17)18(20)13-23(21,22)12-16-11-14(2)8-9-15(16)3/h8-9,11,17H,4-7,10,12-13H2,1-3H3/t17-/m1/s1. The Labute approximate surface area is 139 Å². The molecule has 0 bridgehead atoms. The molecule has 5 heteroatoms. The van der Waals surface area contributed by atoms with Crippen LogP contribution in [0.25, 0.3) is 0 Å². The molecule has 0 spiro atoms. The zero-order valence-electron chi connectivity index (χ0n) is 14.3. The largest absolute Gasteiger partial charge is 0.339 e. The second kappa shape index (κ2) is 7.47. The number of rotatable bonds is 5. The van der Waals surface area contributed by atoms with E-state index in [4.69, 9.17) is 0 Å². The lowest BCUT2D eigenvalue weighted by Gasteiger charge is -2.35. The molecule has 0 N–H and O–H groups in total. The van der Waals surface area contributed by atoms with Crippen molar-refractivity contribution in [2.45, 2.75) is 58.2 Å². The van der Waals surface area contributed by atoms with Crippen LogP contribution in [0.1, 0.15) is 49.3 Å². The number of nitrogens with zero attached hydrogens (tertiary/aromatic N) is 1. The van der Waals surface area contributed by atoms with Crippen LogP contribution in [0.2, 0.25) is 0 Å². The second-order valence-corrected chi connectivity index (χ2v) is 8.67. The van der Waals surface area contributed by atoms with Crippen molar-refractivity contribution >= 4 is 15.7 Å². The van der Waals surface area contributed by atoms with Crippen LogP contribution in [-0.2, 0) is 20.4 Å². The zero-order valence-corrected chi connectivity index (χ0v) is 15.2. The maximum Gasteiger partial charge on any atom is 0.238 e. The lowest BCUT2D eigenvalue weighted by molar-refractivity contribution is -0.132. The lowest BCUT2D eigenvalue weighted by Crippen LogP contribution is -2.45. The van der Waals surface area contributed by atoms with Crippen LogP contribution in [0.15, 0.2) is 18.2 Å². The van der Waals surface area contributed by atoms with Gasteiger partial charge in [0.1, 0.15) is 5.75 Å². The number of aryl methyl sites for hydroxylation is 2. The van der Waals surface area contributed by atoms with Gasteiger partial charge in [-0.1, -0.05) is 30.7 Å². The highest BCUT2D eigenvalue weighted by atomic mass is 32.2. The van der Waals surface area contributed by atoms with E-state index < -0.39 is 9.84 Å². The molecule has 4 nitrogen and oxygen atoms in total. The molecule has 0 radical (unpaired) electrons. The highest BCUT2D eigenvalue weighted by molar-refractivity contribution is 7.91. The first-order chi connectivity index (χ1) is 10.8. The third-order valence-electron chi connectivity index (χ3n) is 4.64. The summed E-state index contributed by atoms with van der Waals surface area (Å²) in [6.45, 7) is 6.60. The number of hydrogen-bond acceptors (Lipinski definition) is 3. The van der Waals surface area contributed by atoms with Crippen molar-refractivity contribution in [1.29, 1.82) is 0 Å². The molecule has 1 fully saturated rings. The molecule has 128 valence electrons. The summed E-state index contributed by atoms with van der Waals surface area (Å²) in [6, 6.07) is 6.00. The fourth-order valence-electron chi connectivity index (χ4n) is 3.27. The number of sulfone groups is 1. The first kappa shape index (κ1) is 18.0. The van der Waals surface area contributed by atoms with E-state index in [1.165, 1.54) is 0 Å². The van der Waals surface area contributed by atoms with Crippen LogP contribution in [-0.4, -0.2) is 37.6 Å². The molecule has 0 aliphatic carbocycles. The van der Waals surface area contributed by atoms with Crippen LogP contribution < -0.4 is 0 Å². The monoisotopic (exact) mass is 337 g/mol. The average molecular weight is 337 g/mol. The van der Waals surface area contributed by atoms with E-state index in [-0.39, 0.29) is 23.5 Å². The molecule has 1 atom stereocenters. The van der Waals surface area contributed by atoms with Gasteiger partial charge in [-0.25, -0.2) is 8.42 Å². The Balaban J connectivity index is 2.08. The van der Waals surface area contributed by atoms with Gasteiger partial charge in [-0.2, -0.15) is 0 Å². The topological polar surface area (TPSA) is 54.5 Å². The van der Waals surface area contributed by atoms with Crippen LogP contribution in [0.5, 0.6) is 0 Å². The van der Waals surface area contributed by atoms with Crippen LogP contribution >= 0.6 is 0 Å². The van der Waals surface area contributed by atoms with Gasteiger partial charge in [0.05, 0.1) is 5.75 Å². The first-order valence-corrected chi connectivity index (χ1v) is 10.2. The zero-order chi connectivity index (χ0) is 17.0. The summed E-state index contributed by atoms with van der Waals surface area (Å²) in [5.74, 6) is -0.671. The molecule has 1 aliphatic heterocycles. The average Bonchev–Trinajstić information content (AvgIpc) is 2.50. The van der Waals surface area contributed by atoms with Crippen LogP contribution in [0.3, 0.4) is 0 Å². The third kappa shape index (κ3) is 4.80. The third-order valence-corrected chi connectivity index (χ3v) is 6.08. The van der Waals surface area contributed by atoms with Gasteiger partial charge >= 0.3 is 0 Å². The molecule has 23 heavy (non-hydrogen) atoms. The van der Waals surface area contributed by atoms with E-state index >= 15 is 0 Å². The van der Waals surface area contributed by atoms with Crippen LogP contribution in [0, 0.1) is 13.8 Å². The van der Waals surface area contributed by atoms with E-state index in [9.17, 15) is 13.2 Å². The van der Waals surface area contributed by atoms with Crippen molar-refractivity contribution in [3.05, 3.63) is 34.9 Å². The first-order valence-electron chi connectivity index (χ1n) is 8.38. The van der Waals surface area contributed by atoms with Crippen molar-refractivity contribution in [2.24, 2.45) is 0 Å². The van der Waals surface area contributed by atoms with Gasteiger partial charge in [-0.15, -0.1) is 0 Å². The molecule has 1 aliphatic rings. The highest BCUT2D eigenvalue weighted by Gasteiger charge is 2.28. The van der Waals surface area contributed by atoms with E-state index in [1.54, 1.807) is 4.90 Å². The normalized spacial score (nSPS) is 18.9. The Hall–Kier alpha value is -1.36. The molecule has 0 saturated carbocycles. The van der Waals surface area contributed by atoms with Gasteiger partial charge in [-0.3, -0.25) is 4.79 Å². The van der Waals surface area contributed by atoms with Gasteiger partial charge < -0.3 is 4.90 Å². The molecular weight excluding hydrogens is 310 g/mol. The number of piperidine rings is 1. The fourth-order valence-corrected chi connectivity index (χ4v) is 4.70. The summed E-state index contributed by atoms with van der Waals surface area (Å²) in [5.41, 5.74) is 2.79. The van der Waals surface area contributed by atoms with E-state index in [2.05, 4.69) is 6.92 Å². The number of carbonyl (C=O) groups excluding carboxylic acids is 1. The maximum absolute atomic E-state index is 12.5. The Bertz CT molecular complexity index is 667. The Morgan fingerprint density at radius 3 is 2.70 bits per heavy atom. The number of hydrogen-bond donors (Lipinski definition) is 0. The Morgan fingerprint density at radius 2 is 2.00 bits per heavy atom. The second-order valence-electron chi connectivity index (χ2n) is 6.61. The van der Waals surface area contributed by atoms with Crippen molar-refractivity contribution in [3.8, 4) is 0 Å². The summed E-state index contributed by atoms with van der Waals surface area (Å²) in [4.78, 5) is 14.3. The lowest BCUT2D eigenvalue weighted by atomic mass is 10.0. The summed E-state index contributed by atoms with van der Waals surface area (Å²) in [5, 5.41) is 0. The SMILES string of the molecule is CC[C@@H]1CCCCN1C(=O)CS(=O)(=O)Cc1cc(C)ccc1C. The summed E-state index contributed by atoms with van der Waals surface area (Å²) in [7, 11) is -3.45. The molecule has 1 heterocycles. The number of carbonyl (C=O) groups is 1. The molecule has 1 amide bonds. The minimum absolute atomic E-state index is 0.0586. The molecule has 1 aromatic carbocycles. The van der Waals surface area contributed by atoms with E-state index in [0.29, 0.717) is 6.54 Å². The van der Waals surface area contributed by atoms with Crippen LogP contribution in [0.4, 0.5) is 0 Å². The van der Waals surface area contributed by atoms with Crippen molar-refractivity contribution in [1.82, 2.24) is 4.90 Å². The van der Waals surface area contributed by atoms with Gasteiger partial charge in [-0.05, 0) is 50.7 Å². The Morgan fingerprint density at radius 1 is 1.26 bits per heavy atom. The van der Waals surface area contributed by atoms with Gasteiger partial charge in [0.15, 0.2) is 9.84 Å². The quantitative estimate of drug-likeness (QED) is 0.830. The van der Waals surface area contributed by atoms with E-state index in [0.717, 1.165) is 42.4 Å². The number of amides is 1. The molecular formula is C18H27NO3S. The molecule has 1 saturated heterocycles. The maximum atomic E-state index is 12.5. The molecule has 1 aromatic rings. The van der Waals surface area contributed by atoms with Gasteiger partial charge in [0.2, 0.25) is 5.91 Å². The predicted octanol–water partition coefficient (Wildman–Crippen LogP) is 3.01. The molecule has 2 rings (SSSR count). The highest BCUT2D eigenvalue weighted by Crippen LogP contribution is 2.21. The molecule has 0 aromatic heterocycles. The predicted molar refractivity (Wildman–Crippen MR) is 93.0 cm³/mol.